The van der Waals surface area contributed by atoms with E-state index >= 15 is 0 Å². The minimum Gasteiger partial charge on any atom is -0.444 e. The molecule has 4 rings (SSSR count). The molecule has 2 saturated heterocycles. The van der Waals surface area contributed by atoms with Crippen LogP contribution in [0.5, 0.6) is 0 Å². The van der Waals surface area contributed by atoms with Crippen LogP contribution in [-0.4, -0.2) is 41.0 Å². The highest BCUT2D eigenvalue weighted by atomic mass is 19.1. The number of fused-ring (bicyclic) bond motifs is 2. The molecule has 0 aliphatic carbocycles. The molecule has 2 atom stereocenters. The van der Waals surface area contributed by atoms with Crippen LogP contribution in [0, 0.1) is 5.82 Å². The standard InChI is InChI=1S/C19H22FN3O2/c1-23(17-8-14-6-7-15(9-17)21-14)18(24)10-16-11-25-19(22-16)12-2-4-13(20)5-3-12/h2-5,11,14-15,17,21H,6-10H2,1H3. The Morgan fingerprint density at radius 1 is 1.28 bits per heavy atom. The summed E-state index contributed by atoms with van der Waals surface area (Å²) in [4.78, 5) is 18.9. The summed E-state index contributed by atoms with van der Waals surface area (Å²) in [6.45, 7) is 0. The number of rotatable bonds is 4. The van der Waals surface area contributed by atoms with Crippen LogP contribution in [0.3, 0.4) is 0 Å². The van der Waals surface area contributed by atoms with Crippen molar-refractivity contribution in [3.63, 3.8) is 0 Å². The van der Waals surface area contributed by atoms with E-state index in [0.29, 0.717) is 35.3 Å². The zero-order valence-electron chi connectivity index (χ0n) is 14.2. The highest BCUT2D eigenvalue weighted by Crippen LogP contribution is 2.29. The molecule has 2 fully saturated rings. The van der Waals surface area contributed by atoms with Gasteiger partial charge in [0.25, 0.3) is 0 Å². The molecule has 1 N–H and O–H groups in total. The predicted octanol–water partition coefficient (Wildman–Crippen LogP) is 2.76. The average molecular weight is 343 g/mol. The first-order valence-electron chi connectivity index (χ1n) is 8.80. The number of oxazole rings is 1. The summed E-state index contributed by atoms with van der Waals surface area (Å²) in [5.41, 5.74) is 1.30. The fourth-order valence-corrected chi connectivity index (χ4v) is 3.94. The number of amides is 1. The number of likely N-dealkylation sites (N-methyl/N-ethyl adjacent to an activating group) is 1. The normalized spacial score (nSPS) is 25.1. The van der Waals surface area contributed by atoms with Crippen LogP contribution in [0.25, 0.3) is 11.5 Å². The number of halogens is 1. The van der Waals surface area contributed by atoms with Gasteiger partial charge in [-0.3, -0.25) is 4.79 Å². The lowest BCUT2D eigenvalue weighted by Gasteiger charge is -2.35. The van der Waals surface area contributed by atoms with Crippen LogP contribution in [-0.2, 0) is 11.2 Å². The Balaban J connectivity index is 1.40. The lowest BCUT2D eigenvalue weighted by Crippen LogP contribution is -2.49. The van der Waals surface area contributed by atoms with Crippen molar-refractivity contribution in [3.05, 3.63) is 42.0 Å². The number of nitrogens with zero attached hydrogens (tertiary/aromatic N) is 2. The third-order valence-corrected chi connectivity index (χ3v) is 5.36. The number of hydrogen-bond acceptors (Lipinski definition) is 4. The molecule has 132 valence electrons. The lowest BCUT2D eigenvalue weighted by molar-refractivity contribution is -0.132. The van der Waals surface area contributed by atoms with Crippen LogP contribution >= 0.6 is 0 Å². The van der Waals surface area contributed by atoms with E-state index in [4.69, 9.17) is 4.42 Å². The van der Waals surface area contributed by atoms with Crippen molar-refractivity contribution in [1.29, 1.82) is 0 Å². The molecule has 1 aromatic heterocycles. The maximum atomic E-state index is 13.0. The second kappa shape index (κ2) is 6.59. The van der Waals surface area contributed by atoms with E-state index in [9.17, 15) is 9.18 Å². The van der Waals surface area contributed by atoms with Crippen molar-refractivity contribution in [1.82, 2.24) is 15.2 Å². The van der Waals surface area contributed by atoms with Crippen LogP contribution in [0.15, 0.2) is 34.9 Å². The number of benzene rings is 1. The van der Waals surface area contributed by atoms with Gasteiger partial charge in [0.1, 0.15) is 12.1 Å². The molecule has 6 heteroatoms. The zero-order chi connectivity index (χ0) is 17.4. The molecular formula is C19H22FN3O2. The maximum absolute atomic E-state index is 13.0. The molecule has 0 spiro atoms. The van der Waals surface area contributed by atoms with E-state index in [1.807, 2.05) is 11.9 Å². The van der Waals surface area contributed by atoms with Gasteiger partial charge in [0.05, 0.1) is 12.1 Å². The van der Waals surface area contributed by atoms with Crippen molar-refractivity contribution in [2.45, 2.75) is 50.2 Å². The first kappa shape index (κ1) is 16.3. The number of nitrogens with one attached hydrogen (secondary N) is 1. The van der Waals surface area contributed by atoms with E-state index in [1.165, 1.54) is 31.2 Å². The fourth-order valence-electron chi connectivity index (χ4n) is 3.94. The molecule has 0 saturated carbocycles. The van der Waals surface area contributed by atoms with Crippen LogP contribution < -0.4 is 5.32 Å². The maximum Gasteiger partial charge on any atom is 0.228 e. The van der Waals surface area contributed by atoms with Crippen molar-refractivity contribution >= 4 is 5.91 Å². The quantitative estimate of drug-likeness (QED) is 0.927. The first-order valence-corrected chi connectivity index (χ1v) is 8.80. The Morgan fingerprint density at radius 2 is 1.96 bits per heavy atom. The highest BCUT2D eigenvalue weighted by Gasteiger charge is 2.36. The van der Waals surface area contributed by atoms with Gasteiger partial charge in [0.15, 0.2) is 0 Å². The Hall–Kier alpha value is -2.21. The van der Waals surface area contributed by atoms with Crippen molar-refractivity contribution < 1.29 is 13.6 Å². The van der Waals surface area contributed by atoms with Gasteiger partial charge in [0, 0.05) is 30.7 Å². The topological polar surface area (TPSA) is 58.4 Å². The Labute approximate surface area is 146 Å². The molecule has 2 bridgehead atoms. The monoisotopic (exact) mass is 343 g/mol. The minimum atomic E-state index is -0.303. The third-order valence-electron chi connectivity index (χ3n) is 5.36. The summed E-state index contributed by atoms with van der Waals surface area (Å²) >= 11 is 0. The first-order chi connectivity index (χ1) is 12.1. The molecule has 25 heavy (non-hydrogen) atoms. The molecule has 1 aromatic carbocycles. The molecular weight excluding hydrogens is 321 g/mol. The summed E-state index contributed by atoms with van der Waals surface area (Å²) in [6, 6.07) is 7.36. The number of hydrogen-bond donors (Lipinski definition) is 1. The molecule has 3 heterocycles. The summed E-state index contributed by atoms with van der Waals surface area (Å²) in [5, 5.41) is 3.60. The summed E-state index contributed by atoms with van der Waals surface area (Å²) in [7, 11) is 1.89. The lowest BCUT2D eigenvalue weighted by atomic mass is 9.98. The second-order valence-corrected chi connectivity index (χ2v) is 7.10. The molecule has 2 aromatic rings. The SMILES string of the molecule is CN(C(=O)Cc1coc(-c2ccc(F)cc2)n1)C1CC2CCC(C1)N2. The number of carbonyl (C=O) groups is 1. The second-order valence-electron chi connectivity index (χ2n) is 7.10. The van der Waals surface area contributed by atoms with Crippen molar-refractivity contribution in [2.24, 2.45) is 0 Å². The molecule has 5 nitrogen and oxygen atoms in total. The molecule has 0 radical (unpaired) electrons. The van der Waals surface area contributed by atoms with Crippen LogP contribution in [0.4, 0.5) is 4.39 Å². The molecule has 2 aliphatic heterocycles. The van der Waals surface area contributed by atoms with Gasteiger partial charge in [0.2, 0.25) is 11.8 Å². The highest BCUT2D eigenvalue weighted by molar-refractivity contribution is 5.78. The van der Waals surface area contributed by atoms with Crippen LogP contribution in [0.2, 0.25) is 0 Å². The summed E-state index contributed by atoms with van der Waals surface area (Å²) in [5.74, 6) is 0.166. The van der Waals surface area contributed by atoms with Gasteiger partial charge in [-0.15, -0.1) is 0 Å². The summed E-state index contributed by atoms with van der Waals surface area (Å²) < 4.78 is 18.4. The smallest absolute Gasteiger partial charge is 0.228 e. The number of aromatic nitrogens is 1. The van der Waals surface area contributed by atoms with Gasteiger partial charge in [-0.25, -0.2) is 9.37 Å². The van der Waals surface area contributed by atoms with Crippen molar-refractivity contribution in [2.75, 3.05) is 7.05 Å². The average Bonchev–Trinajstić information content (AvgIpc) is 3.21. The van der Waals surface area contributed by atoms with Gasteiger partial charge in [-0.2, -0.15) is 0 Å². The Bertz CT molecular complexity index is 746. The Morgan fingerprint density at radius 3 is 2.64 bits per heavy atom. The fraction of sp³-hybridized carbons (Fsp3) is 0.474. The van der Waals surface area contributed by atoms with Gasteiger partial charge >= 0.3 is 0 Å². The Kier molecular flexibility index (Phi) is 4.29. The molecule has 1 amide bonds. The van der Waals surface area contributed by atoms with E-state index < -0.39 is 0 Å². The van der Waals surface area contributed by atoms with Gasteiger partial charge in [-0.05, 0) is 49.9 Å². The zero-order valence-corrected chi connectivity index (χ0v) is 14.2. The van der Waals surface area contributed by atoms with E-state index in [0.717, 1.165) is 12.8 Å². The van der Waals surface area contributed by atoms with Crippen LogP contribution in [0.1, 0.15) is 31.4 Å². The van der Waals surface area contributed by atoms with E-state index in [-0.39, 0.29) is 18.1 Å². The molecule has 2 unspecified atom stereocenters. The summed E-state index contributed by atoms with van der Waals surface area (Å²) in [6.07, 6.45) is 6.22. The molecule has 2 aliphatic rings. The van der Waals surface area contributed by atoms with Gasteiger partial charge < -0.3 is 14.6 Å². The predicted molar refractivity (Wildman–Crippen MR) is 91.3 cm³/mol. The van der Waals surface area contributed by atoms with E-state index in [1.54, 1.807) is 12.1 Å². The number of piperidine rings is 1. The third kappa shape index (κ3) is 3.44. The largest absolute Gasteiger partial charge is 0.444 e. The van der Waals surface area contributed by atoms with Gasteiger partial charge in [-0.1, -0.05) is 0 Å². The number of carbonyl (C=O) groups excluding carboxylic acids is 1. The van der Waals surface area contributed by atoms with Crippen molar-refractivity contribution in [3.8, 4) is 11.5 Å². The van der Waals surface area contributed by atoms with E-state index in [2.05, 4.69) is 10.3 Å². The minimum absolute atomic E-state index is 0.0604.